The number of hydrogen-bond donors (Lipinski definition) is 0. The third kappa shape index (κ3) is 2.25. The lowest BCUT2D eigenvalue weighted by atomic mass is 10.2. The SMILES string of the molecule is CCN(CCCl)c1ncc2ccccc2n1. The molecular formula is C12H14ClN3. The molecule has 4 heteroatoms. The first-order valence-corrected chi connectivity index (χ1v) is 5.91. The van der Waals surface area contributed by atoms with Crippen molar-refractivity contribution in [3.05, 3.63) is 30.5 Å². The van der Waals surface area contributed by atoms with E-state index in [2.05, 4.69) is 21.8 Å². The van der Waals surface area contributed by atoms with Crippen molar-refractivity contribution in [1.82, 2.24) is 9.97 Å². The second kappa shape index (κ2) is 5.12. The van der Waals surface area contributed by atoms with Crippen molar-refractivity contribution >= 4 is 28.5 Å². The minimum absolute atomic E-state index is 0.587. The van der Waals surface area contributed by atoms with E-state index in [-0.39, 0.29) is 0 Å². The van der Waals surface area contributed by atoms with Crippen LogP contribution >= 0.6 is 11.6 Å². The molecule has 0 spiro atoms. The molecule has 1 heterocycles. The van der Waals surface area contributed by atoms with Crippen molar-refractivity contribution in [3.63, 3.8) is 0 Å². The fourth-order valence-electron chi connectivity index (χ4n) is 1.62. The number of para-hydroxylation sites is 1. The maximum Gasteiger partial charge on any atom is 0.225 e. The molecule has 16 heavy (non-hydrogen) atoms. The summed E-state index contributed by atoms with van der Waals surface area (Å²) in [4.78, 5) is 10.9. The minimum atomic E-state index is 0.587. The van der Waals surface area contributed by atoms with E-state index in [0.717, 1.165) is 29.9 Å². The molecule has 2 rings (SSSR count). The van der Waals surface area contributed by atoms with Crippen LogP contribution in [0.4, 0.5) is 5.95 Å². The highest BCUT2D eigenvalue weighted by atomic mass is 35.5. The lowest BCUT2D eigenvalue weighted by Gasteiger charge is -2.19. The first-order chi connectivity index (χ1) is 7.85. The van der Waals surface area contributed by atoms with Crippen molar-refractivity contribution in [2.75, 3.05) is 23.9 Å². The second-order valence-corrected chi connectivity index (χ2v) is 3.88. The lowest BCUT2D eigenvalue weighted by molar-refractivity contribution is 0.829. The second-order valence-electron chi connectivity index (χ2n) is 3.50. The van der Waals surface area contributed by atoms with Crippen LogP contribution in [0.15, 0.2) is 30.5 Å². The molecule has 0 aliphatic rings. The molecule has 0 atom stereocenters. The van der Waals surface area contributed by atoms with Gasteiger partial charge in [-0.2, -0.15) is 0 Å². The molecule has 0 aliphatic carbocycles. The summed E-state index contributed by atoms with van der Waals surface area (Å²) in [6, 6.07) is 7.98. The van der Waals surface area contributed by atoms with E-state index < -0.39 is 0 Å². The van der Waals surface area contributed by atoms with Crippen LogP contribution < -0.4 is 4.90 Å². The fraction of sp³-hybridized carbons (Fsp3) is 0.333. The summed E-state index contributed by atoms with van der Waals surface area (Å²) in [5.74, 6) is 1.34. The van der Waals surface area contributed by atoms with Crippen molar-refractivity contribution < 1.29 is 0 Å². The molecule has 1 aromatic carbocycles. The Hall–Kier alpha value is -1.35. The van der Waals surface area contributed by atoms with E-state index in [1.165, 1.54) is 0 Å². The molecule has 2 aromatic rings. The highest BCUT2D eigenvalue weighted by Gasteiger charge is 2.06. The van der Waals surface area contributed by atoms with Gasteiger partial charge in [0.2, 0.25) is 5.95 Å². The maximum absolute atomic E-state index is 5.75. The van der Waals surface area contributed by atoms with E-state index in [4.69, 9.17) is 11.6 Å². The first-order valence-electron chi connectivity index (χ1n) is 5.38. The third-order valence-corrected chi connectivity index (χ3v) is 2.66. The zero-order chi connectivity index (χ0) is 11.4. The monoisotopic (exact) mass is 235 g/mol. The fourth-order valence-corrected chi connectivity index (χ4v) is 1.82. The molecule has 1 aromatic heterocycles. The number of alkyl halides is 1. The molecule has 0 fully saturated rings. The summed E-state index contributed by atoms with van der Waals surface area (Å²) in [6.07, 6.45) is 1.86. The van der Waals surface area contributed by atoms with Gasteiger partial charge in [-0.3, -0.25) is 0 Å². The lowest BCUT2D eigenvalue weighted by Crippen LogP contribution is -2.26. The van der Waals surface area contributed by atoms with Crippen LogP contribution in [-0.4, -0.2) is 28.9 Å². The summed E-state index contributed by atoms with van der Waals surface area (Å²) in [5, 5.41) is 1.06. The van der Waals surface area contributed by atoms with Gasteiger partial charge in [0.25, 0.3) is 0 Å². The number of anilines is 1. The predicted molar refractivity (Wildman–Crippen MR) is 68.1 cm³/mol. The molecule has 0 radical (unpaired) electrons. The van der Waals surface area contributed by atoms with Gasteiger partial charge in [-0.25, -0.2) is 9.97 Å². The molecule has 0 saturated carbocycles. The Morgan fingerprint density at radius 2 is 2.12 bits per heavy atom. The molecule has 0 aliphatic heterocycles. The van der Waals surface area contributed by atoms with Gasteiger partial charge in [0.1, 0.15) is 0 Å². The van der Waals surface area contributed by atoms with Crippen LogP contribution in [0.5, 0.6) is 0 Å². The van der Waals surface area contributed by atoms with Crippen LogP contribution in [0.2, 0.25) is 0 Å². The standard InChI is InChI=1S/C12H14ClN3/c1-2-16(8-7-13)12-14-9-10-5-3-4-6-11(10)15-12/h3-6,9H,2,7-8H2,1H3. The van der Waals surface area contributed by atoms with Gasteiger partial charge in [-0.1, -0.05) is 18.2 Å². The van der Waals surface area contributed by atoms with Crippen molar-refractivity contribution in [3.8, 4) is 0 Å². The average Bonchev–Trinajstić information content (AvgIpc) is 2.35. The number of nitrogens with zero attached hydrogens (tertiary/aromatic N) is 3. The normalized spacial score (nSPS) is 10.6. The molecule has 0 bridgehead atoms. The van der Waals surface area contributed by atoms with Gasteiger partial charge in [-0.05, 0) is 13.0 Å². The van der Waals surface area contributed by atoms with E-state index >= 15 is 0 Å². The zero-order valence-corrected chi connectivity index (χ0v) is 9.98. The van der Waals surface area contributed by atoms with Crippen LogP contribution in [0.1, 0.15) is 6.92 Å². The third-order valence-electron chi connectivity index (χ3n) is 2.50. The average molecular weight is 236 g/mol. The topological polar surface area (TPSA) is 29.0 Å². The Kier molecular flexibility index (Phi) is 3.57. The molecule has 84 valence electrons. The largest absolute Gasteiger partial charge is 0.340 e. The smallest absolute Gasteiger partial charge is 0.225 e. The molecule has 0 N–H and O–H groups in total. The predicted octanol–water partition coefficient (Wildman–Crippen LogP) is 2.69. The summed E-state index contributed by atoms with van der Waals surface area (Å²) < 4.78 is 0. The summed E-state index contributed by atoms with van der Waals surface area (Å²) in [5.41, 5.74) is 0.973. The first kappa shape index (κ1) is 11.1. The highest BCUT2D eigenvalue weighted by molar-refractivity contribution is 6.18. The Morgan fingerprint density at radius 3 is 2.88 bits per heavy atom. The van der Waals surface area contributed by atoms with E-state index in [1.54, 1.807) is 0 Å². The molecule has 3 nitrogen and oxygen atoms in total. The van der Waals surface area contributed by atoms with Gasteiger partial charge in [0, 0.05) is 30.6 Å². The van der Waals surface area contributed by atoms with E-state index in [1.807, 2.05) is 30.5 Å². The van der Waals surface area contributed by atoms with Crippen LogP contribution in [0, 0.1) is 0 Å². The zero-order valence-electron chi connectivity index (χ0n) is 9.23. The Morgan fingerprint density at radius 1 is 1.31 bits per heavy atom. The number of hydrogen-bond acceptors (Lipinski definition) is 3. The molecular weight excluding hydrogens is 222 g/mol. The van der Waals surface area contributed by atoms with E-state index in [0.29, 0.717) is 5.88 Å². The summed E-state index contributed by atoms with van der Waals surface area (Å²) >= 11 is 5.75. The van der Waals surface area contributed by atoms with Crippen molar-refractivity contribution in [2.24, 2.45) is 0 Å². The van der Waals surface area contributed by atoms with Crippen molar-refractivity contribution in [1.29, 1.82) is 0 Å². The molecule has 0 amide bonds. The Balaban J connectivity index is 2.37. The van der Waals surface area contributed by atoms with Crippen LogP contribution in [0.3, 0.4) is 0 Å². The number of benzene rings is 1. The van der Waals surface area contributed by atoms with Gasteiger partial charge >= 0.3 is 0 Å². The Bertz CT molecular complexity index is 473. The van der Waals surface area contributed by atoms with Gasteiger partial charge in [0.05, 0.1) is 5.52 Å². The van der Waals surface area contributed by atoms with Crippen molar-refractivity contribution in [2.45, 2.75) is 6.92 Å². The molecule has 0 unspecified atom stereocenters. The number of fused-ring (bicyclic) bond motifs is 1. The molecule has 0 saturated heterocycles. The summed E-state index contributed by atoms with van der Waals surface area (Å²) in [7, 11) is 0. The van der Waals surface area contributed by atoms with Gasteiger partial charge in [0.15, 0.2) is 0 Å². The maximum atomic E-state index is 5.75. The Labute approximate surface area is 100 Å². The number of halogens is 1. The van der Waals surface area contributed by atoms with E-state index in [9.17, 15) is 0 Å². The van der Waals surface area contributed by atoms with Crippen LogP contribution in [-0.2, 0) is 0 Å². The summed E-state index contributed by atoms with van der Waals surface area (Å²) in [6.45, 7) is 3.71. The number of aromatic nitrogens is 2. The minimum Gasteiger partial charge on any atom is -0.340 e. The highest BCUT2D eigenvalue weighted by Crippen LogP contribution is 2.14. The van der Waals surface area contributed by atoms with Gasteiger partial charge in [-0.15, -0.1) is 11.6 Å². The van der Waals surface area contributed by atoms with Gasteiger partial charge < -0.3 is 4.90 Å². The van der Waals surface area contributed by atoms with Crippen LogP contribution in [0.25, 0.3) is 10.9 Å². The number of rotatable bonds is 4. The quantitative estimate of drug-likeness (QED) is 0.763.